The van der Waals surface area contributed by atoms with Gasteiger partial charge in [-0.3, -0.25) is 15.0 Å². The van der Waals surface area contributed by atoms with Crippen LogP contribution in [0.3, 0.4) is 0 Å². The molecule has 2 aromatic rings. The third-order valence-corrected chi connectivity index (χ3v) is 5.71. The van der Waals surface area contributed by atoms with Gasteiger partial charge in [-0.05, 0) is 51.4 Å². The van der Waals surface area contributed by atoms with Crippen molar-refractivity contribution in [2.45, 2.75) is 39.2 Å². The van der Waals surface area contributed by atoms with Crippen LogP contribution in [0.5, 0.6) is 0 Å². The molecule has 3 rings (SSSR count). The van der Waals surface area contributed by atoms with E-state index in [0.717, 1.165) is 11.4 Å². The summed E-state index contributed by atoms with van der Waals surface area (Å²) >= 11 is 2.81. The van der Waals surface area contributed by atoms with Crippen molar-refractivity contribution in [1.82, 2.24) is 14.3 Å². The summed E-state index contributed by atoms with van der Waals surface area (Å²) in [4.78, 5) is 21.0. The minimum absolute atomic E-state index is 0.0903. The van der Waals surface area contributed by atoms with E-state index in [2.05, 4.69) is 32.6 Å². The fraction of sp³-hybridized carbons (Fsp3) is 0.533. The van der Waals surface area contributed by atoms with Crippen molar-refractivity contribution in [2.75, 3.05) is 18.4 Å². The number of thiophene rings is 1. The van der Waals surface area contributed by atoms with Gasteiger partial charge in [-0.1, -0.05) is 6.92 Å². The van der Waals surface area contributed by atoms with Crippen molar-refractivity contribution in [2.24, 2.45) is 0 Å². The first-order chi connectivity index (χ1) is 10.7. The molecule has 1 fully saturated rings. The van der Waals surface area contributed by atoms with Gasteiger partial charge < -0.3 is 0 Å². The molecule has 2 aromatic heterocycles. The van der Waals surface area contributed by atoms with Gasteiger partial charge in [0.15, 0.2) is 0 Å². The van der Waals surface area contributed by atoms with Crippen molar-refractivity contribution in [3.8, 4) is 0 Å². The number of aromatic nitrogens is 2. The van der Waals surface area contributed by atoms with E-state index in [1.54, 1.807) is 11.3 Å². The highest BCUT2D eigenvalue weighted by Gasteiger charge is 2.27. The molecule has 7 heteroatoms. The summed E-state index contributed by atoms with van der Waals surface area (Å²) in [5, 5.41) is 3.38. The third kappa shape index (κ3) is 3.37. The van der Waals surface area contributed by atoms with E-state index < -0.39 is 0 Å². The normalized spacial score (nSPS) is 18.7. The molecule has 1 atom stereocenters. The Bertz CT molecular complexity index is 652. The van der Waals surface area contributed by atoms with Gasteiger partial charge in [0, 0.05) is 22.5 Å². The lowest BCUT2D eigenvalue weighted by molar-refractivity contribution is 0.103. The SMILES string of the molecule is CCCN1CCCC1c1ccc(C(=O)Nc2nc(C)ns2)s1. The number of anilines is 1. The zero-order valence-corrected chi connectivity index (χ0v) is 14.5. The molecular weight excluding hydrogens is 316 g/mol. The second-order valence-corrected chi connectivity index (χ2v) is 7.36. The lowest BCUT2D eigenvalue weighted by Gasteiger charge is -2.22. The Morgan fingerprint density at radius 1 is 1.50 bits per heavy atom. The molecule has 22 heavy (non-hydrogen) atoms. The minimum Gasteiger partial charge on any atom is -0.296 e. The molecule has 0 aliphatic carbocycles. The molecule has 1 unspecified atom stereocenters. The lowest BCUT2D eigenvalue weighted by Crippen LogP contribution is -2.23. The van der Waals surface area contributed by atoms with Gasteiger partial charge in [0.1, 0.15) is 5.82 Å². The summed E-state index contributed by atoms with van der Waals surface area (Å²) < 4.78 is 4.07. The average Bonchev–Trinajstić information content (AvgIpc) is 3.19. The van der Waals surface area contributed by atoms with Gasteiger partial charge in [0.05, 0.1) is 4.88 Å². The Hall–Kier alpha value is -1.31. The van der Waals surface area contributed by atoms with Crippen LogP contribution in [0.15, 0.2) is 12.1 Å². The Morgan fingerprint density at radius 3 is 3.09 bits per heavy atom. The molecule has 0 aromatic carbocycles. The molecule has 1 aliphatic heterocycles. The van der Waals surface area contributed by atoms with Gasteiger partial charge in [-0.25, -0.2) is 4.98 Å². The maximum absolute atomic E-state index is 12.3. The summed E-state index contributed by atoms with van der Waals surface area (Å²) in [5.74, 6) is 0.598. The first kappa shape index (κ1) is 15.6. The largest absolute Gasteiger partial charge is 0.296 e. The lowest BCUT2D eigenvalue weighted by atomic mass is 10.2. The molecular formula is C15H20N4OS2. The number of aryl methyl sites for hydroxylation is 1. The monoisotopic (exact) mass is 336 g/mol. The van der Waals surface area contributed by atoms with E-state index >= 15 is 0 Å². The van der Waals surface area contributed by atoms with E-state index in [1.807, 2.05) is 13.0 Å². The quantitative estimate of drug-likeness (QED) is 0.904. The predicted molar refractivity (Wildman–Crippen MR) is 90.8 cm³/mol. The van der Waals surface area contributed by atoms with Gasteiger partial charge >= 0.3 is 0 Å². The Balaban J connectivity index is 1.69. The van der Waals surface area contributed by atoms with Crippen LogP contribution in [0.25, 0.3) is 0 Å². The second-order valence-electron chi connectivity index (χ2n) is 5.50. The van der Waals surface area contributed by atoms with Crippen LogP contribution < -0.4 is 5.32 Å². The number of rotatable bonds is 5. The van der Waals surface area contributed by atoms with Crippen molar-refractivity contribution >= 4 is 33.9 Å². The van der Waals surface area contributed by atoms with Crippen molar-refractivity contribution < 1.29 is 4.79 Å². The van der Waals surface area contributed by atoms with Crippen LogP contribution in [-0.2, 0) is 0 Å². The molecule has 0 spiro atoms. The van der Waals surface area contributed by atoms with E-state index in [9.17, 15) is 4.79 Å². The number of hydrogen-bond acceptors (Lipinski definition) is 6. The number of carbonyl (C=O) groups excluding carboxylic acids is 1. The standard InChI is InChI=1S/C15H20N4OS2/c1-3-8-19-9-4-5-11(19)12-6-7-13(21-12)14(20)17-15-16-10(2)18-22-15/h6-7,11H,3-5,8-9H2,1-2H3,(H,16,17,18,20). The fourth-order valence-corrected chi connectivity index (χ4v) is 4.51. The van der Waals surface area contributed by atoms with Gasteiger partial charge in [0.2, 0.25) is 5.13 Å². The number of carbonyl (C=O) groups is 1. The molecule has 0 radical (unpaired) electrons. The van der Waals surface area contributed by atoms with Crippen LogP contribution in [-0.4, -0.2) is 33.3 Å². The van der Waals surface area contributed by atoms with E-state index in [4.69, 9.17) is 0 Å². The third-order valence-electron chi connectivity index (χ3n) is 3.80. The molecule has 0 saturated carbocycles. The summed E-state index contributed by atoms with van der Waals surface area (Å²) in [7, 11) is 0. The second kappa shape index (κ2) is 6.85. The van der Waals surface area contributed by atoms with Crippen molar-refractivity contribution in [3.63, 3.8) is 0 Å². The maximum Gasteiger partial charge on any atom is 0.267 e. The molecule has 1 amide bonds. The van der Waals surface area contributed by atoms with Crippen LogP contribution in [0.2, 0.25) is 0 Å². The van der Waals surface area contributed by atoms with Crippen LogP contribution in [0.1, 0.15) is 52.6 Å². The Morgan fingerprint density at radius 2 is 2.36 bits per heavy atom. The topological polar surface area (TPSA) is 58.1 Å². The van der Waals surface area contributed by atoms with Gasteiger partial charge in [-0.15, -0.1) is 11.3 Å². The predicted octanol–water partition coefficient (Wildman–Crippen LogP) is 3.71. The van der Waals surface area contributed by atoms with E-state index in [1.165, 1.54) is 42.2 Å². The Kier molecular flexibility index (Phi) is 4.85. The smallest absolute Gasteiger partial charge is 0.267 e. The summed E-state index contributed by atoms with van der Waals surface area (Å²) in [6.07, 6.45) is 3.61. The number of nitrogens with zero attached hydrogens (tertiary/aromatic N) is 3. The molecule has 118 valence electrons. The fourth-order valence-electron chi connectivity index (χ4n) is 2.86. The minimum atomic E-state index is -0.0903. The first-order valence-corrected chi connectivity index (χ1v) is 9.22. The zero-order chi connectivity index (χ0) is 15.5. The van der Waals surface area contributed by atoms with Crippen molar-refractivity contribution in [1.29, 1.82) is 0 Å². The number of amides is 1. The zero-order valence-electron chi connectivity index (χ0n) is 12.8. The summed E-state index contributed by atoms with van der Waals surface area (Å²) in [6, 6.07) is 4.50. The summed E-state index contributed by atoms with van der Waals surface area (Å²) in [5.41, 5.74) is 0. The highest BCUT2D eigenvalue weighted by molar-refractivity contribution is 7.14. The number of nitrogens with one attached hydrogen (secondary N) is 1. The number of hydrogen-bond donors (Lipinski definition) is 1. The molecule has 1 saturated heterocycles. The van der Waals surface area contributed by atoms with Crippen LogP contribution in [0.4, 0.5) is 5.13 Å². The molecule has 5 nitrogen and oxygen atoms in total. The molecule has 1 N–H and O–H groups in total. The molecule has 1 aliphatic rings. The maximum atomic E-state index is 12.3. The highest BCUT2D eigenvalue weighted by Crippen LogP contribution is 2.36. The van der Waals surface area contributed by atoms with Crippen LogP contribution in [0, 0.1) is 6.92 Å². The molecule has 3 heterocycles. The van der Waals surface area contributed by atoms with Crippen molar-refractivity contribution in [3.05, 3.63) is 27.7 Å². The number of likely N-dealkylation sites (tertiary alicyclic amines) is 1. The highest BCUT2D eigenvalue weighted by atomic mass is 32.1. The van der Waals surface area contributed by atoms with E-state index in [0.29, 0.717) is 17.0 Å². The average molecular weight is 336 g/mol. The first-order valence-electron chi connectivity index (χ1n) is 7.63. The molecule has 0 bridgehead atoms. The van der Waals surface area contributed by atoms with Gasteiger partial charge in [0.25, 0.3) is 5.91 Å². The van der Waals surface area contributed by atoms with Crippen LogP contribution >= 0.6 is 22.9 Å². The van der Waals surface area contributed by atoms with E-state index in [-0.39, 0.29) is 5.91 Å². The Labute approximate surface area is 138 Å². The summed E-state index contributed by atoms with van der Waals surface area (Å²) in [6.45, 7) is 6.33. The van der Waals surface area contributed by atoms with Gasteiger partial charge in [-0.2, -0.15) is 4.37 Å².